The molecular weight excluding hydrogens is 262 g/mol. The normalized spacial score (nSPS) is 30.3. The number of piperazine rings is 1. The number of ether oxygens (including phenoxy) is 1. The van der Waals surface area contributed by atoms with E-state index in [1.54, 1.807) is 0 Å². The summed E-state index contributed by atoms with van der Waals surface area (Å²) in [5.41, 5.74) is 5.67. The van der Waals surface area contributed by atoms with Crippen molar-refractivity contribution in [2.24, 2.45) is 5.73 Å². The van der Waals surface area contributed by atoms with Crippen LogP contribution in [0.1, 0.15) is 26.7 Å². The molecule has 0 aromatic rings. The number of thiocarbonyl (C=S) groups is 1. The maximum absolute atomic E-state index is 12.3. The van der Waals surface area contributed by atoms with Gasteiger partial charge in [-0.2, -0.15) is 0 Å². The molecule has 0 radical (unpaired) electrons. The fourth-order valence-corrected chi connectivity index (χ4v) is 2.85. The first kappa shape index (κ1) is 14.7. The Hall–Kier alpha value is -0.720. The lowest BCUT2D eigenvalue weighted by molar-refractivity contribution is -0.144. The molecule has 0 aliphatic carbocycles. The van der Waals surface area contributed by atoms with Gasteiger partial charge in [-0.05, 0) is 26.7 Å². The summed E-state index contributed by atoms with van der Waals surface area (Å²) in [5, 5.41) is 0. The van der Waals surface area contributed by atoms with Crippen LogP contribution in [0.5, 0.6) is 0 Å². The number of hydrogen-bond donors (Lipinski definition) is 1. The zero-order valence-corrected chi connectivity index (χ0v) is 12.5. The summed E-state index contributed by atoms with van der Waals surface area (Å²) in [6, 6.07) is 0.106. The molecule has 0 spiro atoms. The van der Waals surface area contributed by atoms with E-state index in [0.29, 0.717) is 4.99 Å². The first-order valence-corrected chi connectivity index (χ1v) is 7.37. The summed E-state index contributed by atoms with van der Waals surface area (Å²) in [4.78, 5) is 16.9. The van der Waals surface area contributed by atoms with Crippen molar-refractivity contribution in [3.63, 3.8) is 0 Å². The Morgan fingerprint density at radius 1 is 1.32 bits per heavy atom. The van der Waals surface area contributed by atoms with Crippen LogP contribution in [0.3, 0.4) is 0 Å². The van der Waals surface area contributed by atoms with Gasteiger partial charge in [0.25, 0.3) is 5.91 Å². The monoisotopic (exact) mass is 285 g/mol. The molecule has 2 rings (SSSR count). The third kappa shape index (κ3) is 3.43. The molecule has 0 bridgehead atoms. The van der Waals surface area contributed by atoms with Crippen LogP contribution in [0.4, 0.5) is 0 Å². The van der Waals surface area contributed by atoms with Crippen LogP contribution in [0.15, 0.2) is 0 Å². The Morgan fingerprint density at radius 2 is 1.95 bits per heavy atom. The molecule has 0 aromatic carbocycles. The van der Waals surface area contributed by atoms with Crippen molar-refractivity contribution in [2.45, 2.75) is 44.9 Å². The molecule has 2 N–H and O–H groups in total. The predicted octanol–water partition coefficient (Wildman–Crippen LogP) is 0.373. The summed E-state index contributed by atoms with van der Waals surface area (Å²) in [6.45, 7) is 7.16. The molecule has 3 unspecified atom stereocenters. The van der Waals surface area contributed by atoms with Gasteiger partial charge in [0.15, 0.2) is 0 Å². The molecule has 6 heteroatoms. The molecule has 5 nitrogen and oxygen atoms in total. The minimum atomic E-state index is -0.227. The topological polar surface area (TPSA) is 58.8 Å². The van der Waals surface area contributed by atoms with Gasteiger partial charge in [-0.1, -0.05) is 12.2 Å². The number of hydrogen-bond acceptors (Lipinski definition) is 4. The first-order valence-electron chi connectivity index (χ1n) is 6.96. The molecule has 2 fully saturated rings. The number of rotatable bonds is 3. The van der Waals surface area contributed by atoms with Crippen LogP contribution < -0.4 is 5.73 Å². The van der Waals surface area contributed by atoms with Crippen LogP contribution in [0, 0.1) is 0 Å². The van der Waals surface area contributed by atoms with Crippen molar-refractivity contribution in [1.29, 1.82) is 0 Å². The summed E-state index contributed by atoms with van der Waals surface area (Å²) in [5.74, 6) is 0.145. The predicted molar refractivity (Wildman–Crippen MR) is 78.0 cm³/mol. The summed E-state index contributed by atoms with van der Waals surface area (Å²) in [6.07, 6.45) is 1.82. The van der Waals surface area contributed by atoms with E-state index in [1.807, 2.05) is 18.7 Å². The molecule has 2 heterocycles. The minimum absolute atomic E-state index is 0.106. The molecule has 2 saturated heterocycles. The standard InChI is InChI=1S/C13H23N3O2S/c1-9-3-4-11(18-9)13(17)16-7-5-15(6-8-16)10(2)12(14)19/h9-11H,3-8H2,1-2H3,(H2,14,19). The zero-order chi connectivity index (χ0) is 14.0. The average Bonchev–Trinajstić information content (AvgIpc) is 2.84. The van der Waals surface area contributed by atoms with E-state index in [1.165, 1.54) is 0 Å². The second-order valence-electron chi connectivity index (χ2n) is 5.45. The minimum Gasteiger partial charge on any atom is -0.392 e. The van der Waals surface area contributed by atoms with Crippen LogP contribution in [-0.2, 0) is 9.53 Å². The van der Waals surface area contributed by atoms with Crippen molar-refractivity contribution in [3.8, 4) is 0 Å². The second kappa shape index (κ2) is 6.15. The molecule has 0 saturated carbocycles. The average molecular weight is 285 g/mol. The smallest absolute Gasteiger partial charge is 0.251 e. The van der Waals surface area contributed by atoms with Crippen LogP contribution in [-0.4, -0.2) is 65.1 Å². The largest absolute Gasteiger partial charge is 0.392 e. The lowest BCUT2D eigenvalue weighted by Crippen LogP contribution is -2.55. The van der Waals surface area contributed by atoms with Gasteiger partial charge in [-0.3, -0.25) is 9.69 Å². The Balaban J connectivity index is 1.83. The highest BCUT2D eigenvalue weighted by atomic mass is 32.1. The highest BCUT2D eigenvalue weighted by Gasteiger charge is 2.33. The molecular formula is C13H23N3O2S. The number of carbonyl (C=O) groups is 1. The molecule has 3 atom stereocenters. The van der Waals surface area contributed by atoms with Crippen molar-refractivity contribution >= 4 is 23.1 Å². The van der Waals surface area contributed by atoms with Crippen molar-refractivity contribution in [2.75, 3.05) is 26.2 Å². The van der Waals surface area contributed by atoms with Crippen LogP contribution in [0.2, 0.25) is 0 Å². The summed E-state index contributed by atoms with van der Waals surface area (Å²) >= 11 is 5.02. The number of nitrogens with two attached hydrogens (primary N) is 1. The van der Waals surface area contributed by atoms with Gasteiger partial charge < -0.3 is 15.4 Å². The Morgan fingerprint density at radius 3 is 2.42 bits per heavy atom. The third-order valence-corrected chi connectivity index (χ3v) is 4.43. The number of carbonyl (C=O) groups excluding carboxylic acids is 1. The van der Waals surface area contributed by atoms with E-state index in [4.69, 9.17) is 22.7 Å². The molecule has 1 amide bonds. The SMILES string of the molecule is CC1CCC(C(=O)N2CCN(C(C)C(N)=S)CC2)O1. The summed E-state index contributed by atoms with van der Waals surface area (Å²) in [7, 11) is 0. The Kier molecular flexibility index (Phi) is 4.76. The lowest BCUT2D eigenvalue weighted by Gasteiger charge is -2.38. The van der Waals surface area contributed by atoms with E-state index in [-0.39, 0.29) is 24.2 Å². The van der Waals surface area contributed by atoms with Crippen LogP contribution >= 0.6 is 12.2 Å². The zero-order valence-electron chi connectivity index (χ0n) is 11.7. The maximum Gasteiger partial charge on any atom is 0.251 e. The molecule has 2 aliphatic heterocycles. The molecule has 2 aliphatic rings. The second-order valence-corrected chi connectivity index (χ2v) is 5.92. The van der Waals surface area contributed by atoms with Gasteiger partial charge >= 0.3 is 0 Å². The highest BCUT2D eigenvalue weighted by Crippen LogP contribution is 2.21. The number of amides is 1. The molecule has 108 valence electrons. The van der Waals surface area contributed by atoms with E-state index < -0.39 is 0 Å². The van der Waals surface area contributed by atoms with Gasteiger partial charge in [0.1, 0.15) is 6.10 Å². The highest BCUT2D eigenvalue weighted by molar-refractivity contribution is 7.80. The van der Waals surface area contributed by atoms with Gasteiger partial charge in [0.05, 0.1) is 17.1 Å². The van der Waals surface area contributed by atoms with Crippen molar-refractivity contribution in [1.82, 2.24) is 9.80 Å². The van der Waals surface area contributed by atoms with E-state index >= 15 is 0 Å². The fourth-order valence-electron chi connectivity index (χ4n) is 2.70. The lowest BCUT2D eigenvalue weighted by atomic mass is 10.1. The van der Waals surface area contributed by atoms with Crippen molar-refractivity contribution in [3.05, 3.63) is 0 Å². The quantitative estimate of drug-likeness (QED) is 0.759. The summed E-state index contributed by atoms with van der Waals surface area (Å²) < 4.78 is 5.64. The van der Waals surface area contributed by atoms with Gasteiger partial charge in [0, 0.05) is 26.2 Å². The number of nitrogens with zero attached hydrogens (tertiary/aromatic N) is 2. The Bertz CT molecular complexity index is 356. The van der Waals surface area contributed by atoms with Crippen LogP contribution in [0.25, 0.3) is 0 Å². The van der Waals surface area contributed by atoms with Gasteiger partial charge in [-0.25, -0.2) is 0 Å². The fraction of sp³-hybridized carbons (Fsp3) is 0.846. The van der Waals surface area contributed by atoms with Gasteiger partial charge in [0.2, 0.25) is 0 Å². The van der Waals surface area contributed by atoms with E-state index in [0.717, 1.165) is 39.0 Å². The molecule has 19 heavy (non-hydrogen) atoms. The Labute approximate surface area is 120 Å². The first-order chi connectivity index (χ1) is 8.99. The van der Waals surface area contributed by atoms with E-state index in [2.05, 4.69) is 4.90 Å². The van der Waals surface area contributed by atoms with Crippen molar-refractivity contribution < 1.29 is 9.53 Å². The molecule has 0 aromatic heterocycles. The van der Waals surface area contributed by atoms with Gasteiger partial charge in [-0.15, -0.1) is 0 Å². The third-order valence-electron chi connectivity index (χ3n) is 4.09. The van der Waals surface area contributed by atoms with E-state index in [9.17, 15) is 4.79 Å². The maximum atomic E-state index is 12.3.